The van der Waals surface area contributed by atoms with E-state index in [2.05, 4.69) is 10.4 Å². The van der Waals surface area contributed by atoms with Crippen LogP contribution in [0.15, 0.2) is 40.1 Å². The average molecular weight is 474 g/mol. The summed E-state index contributed by atoms with van der Waals surface area (Å²) in [7, 11) is 1.47. The number of aromatic nitrogens is 3. The molecular formula is C24H25F3N4O3. The Morgan fingerprint density at radius 1 is 1.21 bits per heavy atom. The SMILES string of the molecule is Cc1c([C@@H](C)Nc2nn(C)c(=O)c3cc(=O)n(C45COC(C)(C4)C5)cc23)cccc1C(F)(F)F. The smallest absolute Gasteiger partial charge is 0.373 e. The van der Waals surface area contributed by atoms with Gasteiger partial charge in [-0.05, 0) is 38.0 Å². The number of rotatable bonds is 4. The number of alkyl halides is 3. The normalized spacial score (nSPS) is 24.8. The van der Waals surface area contributed by atoms with Crippen molar-refractivity contribution in [3.8, 4) is 0 Å². The van der Waals surface area contributed by atoms with Crippen LogP contribution in [0.25, 0.3) is 10.8 Å². The minimum absolute atomic E-state index is 0.122. The maximum absolute atomic E-state index is 13.4. The van der Waals surface area contributed by atoms with Crippen molar-refractivity contribution in [2.24, 2.45) is 7.05 Å². The molecule has 2 bridgehead atoms. The van der Waals surface area contributed by atoms with E-state index in [1.165, 1.54) is 26.1 Å². The van der Waals surface area contributed by atoms with Crippen LogP contribution in [0.3, 0.4) is 0 Å². The molecule has 34 heavy (non-hydrogen) atoms. The first-order chi connectivity index (χ1) is 15.8. The van der Waals surface area contributed by atoms with E-state index >= 15 is 0 Å². The Morgan fingerprint density at radius 3 is 2.53 bits per heavy atom. The highest BCUT2D eigenvalue weighted by Gasteiger charge is 2.61. The third kappa shape index (κ3) is 3.34. The Hall–Kier alpha value is -3.14. The van der Waals surface area contributed by atoms with E-state index in [1.54, 1.807) is 23.8 Å². The first kappa shape index (κ1) is 22.6. The van der Waals surface area contributed by atoms with E-state index in [0.29, 0.717) is 36.2 Å². The summed E-state index contributed by atoms with van der Waals surface area (Å²) in [5, 5.41) is 8.15. The van der Waals surface area contributed by atoms with Gasteiger partial charge in [0.05, 0.1) is 34.7 Å². The lowest BCUT2D eigenvalue weighted by atomic mass is 9.69. The van der Waals surface area contributed by atoms with Gasteiger partial charge in [0, 0.05) is 37.5 Å². The van der Waals surface area contributed by atoms with Crippen molar-refractivity contribution in [3.05, 3.63) is 67.9 Å². The molecular weight excluding hydrogens is 449 g/mol. The average Bonchev–Trinajstić information content (AvgIpc) is 3.25. The zero-order valence-electron chi connectivity index (χ0n) is 19.3. The quantitative estimate of drug-likeness (QED) is 0.621. The van der Waals surface area contributed by atoms with E-state index in [4.69, 9.17) is 4.74 Å². The molecule has 1 atom stereocenters. The Kier molecular flexibility index (Phi) is 4.78. The fourth-order valence-electron chi connectivity index (χ4n) is 5.61. The van der Waals surface area contributed by atoms with Gasteiger partial charge >= 0.3 is 6.18 Å². The Bertz CT molecular complexity index is 1430. The van der Waals surface area contributed by atoms with Crippen molar-refractivity contribution >= 4 is 16.6 Å². The number of pyridine rings is 1. The number of anilines is 1. The minimum Gasteiger partial charge on any atom is -0.373 e. The predicted molar refractivity (Wildman–Crippen MR) is 121 cm³/mol. The maximum Gasteiger partial charge on any atom is 0.416 e. The molecule has 0 amide bonds. The molecule has 3 aliphatic rings. The molecule has 2 aromatic heterocycles. The number of hydrogen-bond donors (Lipinski definition) is 1. The number of nitrogens with one attached hydrogen (secondary N) is 1. The van der Waals surface area contributed by atoms with E-state index in [0.717, 1.165) is 10.7 Å². The van der Waals surface area contributed by atoms with Crippen LogP contribution in [0.1, 0.15) is 49.4 Å². The molecule has 4 heterocycles. The van der Waals surface area contributed by atoms with Crippen LogP contribution in [0.5, 0.6) is 0 Å². The first-order valence-electron chi connectivity index (χ1n) is 11.1. The lowest BCUT2D eigenvalue weighted by molar-refractivity contribution is -0.138. The number of ether oxygens (including phenoxy) is 1. The molecule has 6 rings (SSSR count). The van der Waals surface area contributed by atoms with Crippen molar-refractivity contribution in [2.75, 3.05) is 11.9 Å². The topological polar surface area (TPSA) is 78.2 Å². The second kappa shape index (κ2) is 7.18. The largest absolute Gasteiger partial charge is 0.416 e. The summed E-state index contributed by atoms with van der Waals surface area (Å²) >= 11 is 0. The molecule has 2 saturated heterocycles. The van der Waals surface area contributed by atoms with Gasteiger partial charge in [-0.15, -0.1) is 0 Å². The number of halogens is 3. The fourth-order valence-corrected chi connectivity index (χ4v) is 5.61. The molecule has 0 spiro atoms. The van der Waals surface area contributed by atoms with Gasteiger partial charge in [-0.2, -0.15) is 18.3 Å². The van der Waals surface area contributed by atoms with E-state index in [9.17, 15) is 22.8 Å². The van der Waals surface area contributed by atoms with Crippen LogP contribution in [0, 0.1) is 6.92 Å². The van der Waals surface area contributed by atoms with Crippen molar-refractivity contribution in [2.45, 2.75) is 57.0 Å². The van der Waals surface area contributed by atoms with Crippen LogP contribution < -0.4 is 16.4 Å². The standard InChI is InChI=1S/C24H25F3N4O3/c1-13-15(6-5-7-18(13)24(25,26)27)14(2)28-20-17-9-31(23-10-22(3,11-23)34-12-23)19(32)8-16(17)21(33)30(4)29-20/h5-9,14H,10-12H2,1-4H3,(H,28,29)/t14-,22?,23?/m1/s1. The van der Waals surface area contributed by atoms with Gasteiger partial charge in [0.25, 0.3) is 11.1 Å². The highest BCUT2D eigenvalue weighted by Crippen LogP contribution is 2.55. The van der Waals surface area contributed by atoms with Gasteiger partial charge in [0.2, 0.25) is 0 Å². The van der Waals surface area contributed by atoms with Crippen LogP contribution in [0.4, 0.5) is 19.0 Å². The third-order valence-corrected chi connectivity index (χ3v) is 7.19. The zero-order chi connectivity index (χ0) is 24.6. The molecule has 7 nitrogen and oxygen atoms in total. The number of benzene rings is 1. The zero-order valence-corrected chi connectivity index (χ0v) is 19.3. The third-order valence-electron chi connectivity index (χ3n) is 7.19. The van der Waals surface area contributed by atoms with Gasteiger partial charge in [-0.3, -0.25) is 9.59 Å². The van der Waals surface area contributed by atoms with Gasteiger partial charge in [0.1, 0.15) is 0 Å². The summed E-state index contributed by atoms with van der Waals surface area (Å²) in [6.07, 6.45) is -1.43. The van der Waals surface area contributed by atoms with Crippen LogP contribution in [0.2, 0.25) is 0 Å². The lowest BCUT2D eigenvalue weighted by Crippen LogP contribution is -2.52. The molecule has 1 saturated carbocycles. The number of aryl methyl sites for hydroxylation is 1. The molecule has 1 aliphatic carbocycles. The molecule has 180 valence electrons. The minimum atomic E-state index is -4.46. The second-order valence-electron chi connectivity index (χ2n) is 9.79. The Labute approximate surface area is 193 Å². The van der Waals surface area contributed by atoms with Crippen molar-refractivity contribution in [3.63, 3.8) is 0 Å². The van der Waals surface area contributed by atoms with E-state index in [-0.39, 0.29) is 22.1 Å². The van der Waals surface area contributed by atoms with Gasteiger partial charge in [-0.1, -0.05) is 12.1 Å². The molecule has 3 fully saturated rings. The Balaban J connectivity index is 1.60. The van der Waals surface area contributed by atoms with Gasteiger partial charge < -0.3 is 14.6 Å². The van der Waals surface area contributed by atoms with E-state index < -0.39 is 28.9 Å². The molecule has 10 heteroatoms. The summed E-state index contributed by atoms with van der Waals surface area (Å²) in [5.41, 5.74) is -1.53. The van der Waals surface area contributed by atoms with Crippen LogP contribution in [-0.2, 0) is 23.5 Å². The monoisotopic (exact) mass is 474 g/mol. The molecule has 1 aromatic carbocycles. The Morgan fingerprint density at radius 2 is 1.91 bits per heavy atom. The number of fused-ring (bicyclic) bond motifs is 2. The van der Waals surface area contributed by atoms with Gasteiger partial charge in [-0.25, -0.2) is 4.68 Å². The molecule has 2 aliphatic heterocycles. The molecule has 0 unspecified atom stereocenters. The second-order valence-corrected chi connectivity index (χ2v) is 9.79. The summed E-state index contributed by atoms with van der Waals surface area (Å²) < 4.78 is 48.8. The van der Waals surface area contributed by atoms with Gasteiger partial charge in [0.15, 0.2) is 5.82 Å². The summed E-state index contributed by atoms with van der Waals surface area (Å²) in [4.78, 5) is 25.7. The fraction of sp³-hybridized carbons (Fsp3) is 0.458. The van der Waals surface area contributed by atoms with Crippen molar-refractivity contribution in [1.82, 2.24) is 14.3 Å². The van der Waals surface area contributed by atoms with Crippen molar-refractivity contribution < 1.29 is 17.9 Å². The molecule has 1 N–H and O–H groups in total. The van der Waals surface area contributed by atoms with E-state index in [1.807, 2.05) is 6.92 Å². The van der Waals surface area contributed by atoms with Crippen LogP contribution >= 0.6 is 0 Å². The van der Waals surface area contributed by atoms with Crippen molar-refractivity contribution in [1.29, 1.82) is 0 Å². The lowest BCUT2D eigenvalue weighted by Gasteiger charge is -2.43. The molecule has 3 aromatic rings. The maximum atomic E-state index is 13.4. The summed E-state index contributed by atoms with van der Waals surface area (Å²) in [6.45, 7) is 5.59. The highest BCUT2D eigenvalue weighted by atomic mass is 19.4. The summed E-state index contributed by atoms with van der Waals surface area (Å²) in [6, 6.07) is 4.83. The highest BCUT2D eigenvalue weighted by molar-refractivity contribution is 5.90. The number of nitrogens with zero attached hydrogens (tertiary/aromatic N) is 3. The number of hydrogen-bond acceptors (Lipinski definition) is 5. The summed E-state index contributed by atoms with van der Waals surface area (Å²) in [5.74, 6) is 0.313. The predicted octanol–water partition coefficient (Wildman–Crippen LogP) is 3.87. The van der Waals surface area contributed by atoms with Crippen LogP contribution in [-0.4, -0.2) is 26.6 Å². The molecule has 0 radical (unpaired) electrons. The first-order valence-corrected chi connectivity index (χ1v) is 11.1.